The second-order valence-corrected chi connectivity index (χ2v) is 12.7. The summed E-state index contributed by atoms with van der Waals surface area (Å²) in [7, 11) is 0. The van der Waals surface area contributed by atoms with Crippen molar-refractivity contribution in [2.45, 2.75) is 107 Å². The van der Waals surface area contributed by atoms with Crippen LogP contribution in [0.15, 0.2) is 0 Å². The summed E-state index contributed by atoms with van der Waals surface area (Å²) in [4.78, 5) is 0. The van der Waals surface area contributed by atoms with E-state index in [0.717, 1.165) is 71.0 Å². The van der Waals surface area contributed by atoms with E-state index < -0.39 is 0 Å². The Hall–Kier alpha value is 0. The molecule has 3 rings (SSSR count). The van der Waals surface area contributed by atoms with E-state index in [9.17, 15) is 0 Å². The molecule has 0 heterocycles. The van der Waals surface area contributed by atoms with E-state index in [-0.39, 0.29) is 0 Å². The average molecular weight is 389 g/mol. The first-order chi connectivity index (χ1) is 13.2. The monoisotopic (exact) mass is 388 g/mol. The summed E-state index contributed by atoms with van der Waals surface area (Å²) in [6.07, 6.45) is 11.9. The first kappa shape index (κ1) is 22.7. The number of hydrogen-bond acceptors (Lipinski definition) is 0. The van der Waals surface area contributed by atoms with Crippen LogP contribution in [0.5, 0.6) is 0 Å². The molecule has 0 aromatic carbocycles. The second kappa shape index (κ2) is 9.43. The normalized spacial score (nSPS) is 50.1. The van der Waals surface area contributed by atoms with Gasteiger partial charge in [0.1, 0.15) is 0 Å². The maximum Gasteiger partial charge on any atom is -0.0334 e. The Labute approximate surface area is 178 Å². The van der Waals surface area contributed by atoms with E-state index in [1.807, 2.05) is 0 Å². The molecule has 3 fully saturated rings. The van der Waals surface area contributed by atoms with Crippen LogP contribution < -0.4 is 0 Å². The summed E-state index contributed by atoms with van der Waals surface area (Å²) in [6, 6.07) is 0. The van der Waals surface area contributed by atoms with Crippen LogP contribution in [0.25, 0.3) is 0 Å². The fraction of sp³-hybridized carbons (Fsp3) is 1.00. The Balaban J connectivity index is 1.63. The highest BCUT2D eigenvalue weighted by Crippen LogP contribution is 2.51. The minimum absolute atomic E-state index is 0.925. The molecular weight excluding hydrogens is 336 g/mol. The van der Waals surface area contributed by atoms with E-state index >= 15 is 0 Å². The third-order valence-corrected chi connectivity index (χ3v) is 10.2. The molecule has 0 spiro atoms. The molecule has 0 radical (unpaired) electrons. The molecule has 164 valence electrons. The fourth-order valence-corrected chi connectivity index (χ4v) is 8.81. The van der Waals surface area contributed by atoms with Crippen LogP contribution in [0.2, 0.25) is 0 Å². The first-order valence-corrected chi connectivity index (χ1v) is 13.2. The molecule has 0 saturated heterocycles. The van der Waals surface area contributed by atoms with Crippen molar-refractivity contribution >= 4 is 0 Å². The molecule has 9 atom stereocenters. The van der Waals surface area contributed by atoms with Gasteiger partial charge in [-0.2, -0.15) is 0 Å². The average Bonchev–Trinajstić information content (AvgIpc) is 2.61. The summed E-state index contributed by atoms with van der Waals surface area (Å²) >= 11 is 0. The van der Waals surface area contributed by atoms with Gasteiger partial charge < -0.3 is 0 Å². The van der Waals surface area contributed by atoms with Gasteiger partial charge in [0.15, 0.2) is 0 Å². The lowest BCUT2D eigenvalue weighted by Crippen LogP contribution is -2.42. The van der Waals surface area contributed by atoms with E-state index in [1.54, 1.807) is 0 Å². The molecule has 9 unspecified atom stereocenters. The standard InChI is InChI=1S/C28H52/c1-17-9-10-20(4)27(14-17)24(8)28-21(5)15-26(16-22(28)6)23(7)25-12-18(2)11-19(3)13-25/h17-28H,9-16H2,1-8H3. The first-order valence-electron chi connectivity index (χ1n) is 13.2. The lowest BCUT2D eigenvalue weighted by Gasteiger charge is -2.50. The van der Waals surface area contributed by atoms with Gasteiger partial charge in [-0.15, -0.1) is 0 Å². The van der Waals surface area contributed by atoms with Crippen molar-refractivity contribution in [2.24, 2.45) is 71.0 Å². The molecule has 0 amide bonds. The van der Waals surface area contributed by atoms with Gasteiger partial charge in [-0.3, -0.25) is 0 Å². The molecule has 0 nitrogen and oxygen atoms in total. The van der Waals surface area contributed by atoms with Crippen molar-refractivity contribution < 1.29 is 0 Å². The summed E-state index contributed by atoms with van der Waals surface area (Å²) in [5, 5.41) is 0. The SMILES string of the molecule is CC1CC(C)CC(C(C)C2CC(C)C(C(C)C3CC(C)CCC3C)C(C)C2)C1. The Morgan fingerprint density at radius 3 is 1.61 bits per heavy atom. The van der Waals surface area contributed by atoms with Crippen molar-refractivity contribution in [2.75, 3.05) is 0 Å². The van der Waals surface area contributed by atoms with Crippen LogP contribution in [0.3, 0.4) is 0 Å². The Kier molecular flexibility index (Phi) is 7.64. The fourth-order valence-electron chi connectivity index (χ4n) is 8.81. The maximum atomic E-state index is 2.64. The molecule has 3 saturated carbocycles. The van der Waals surface area contributed by atoms with Gasteiger partial charge in [0.2, 0.25) is 0 Å². The molecule has 0 N–H and O–H groups in total. The molecule has 28 heavy (non-hydrogen) atoms. The van der Waals surface area contributed by atoms with E-state index in [1.165, 1.54) is 51.4 Å². The van der Waals surface area contributed by atoms with Crippen LogP contribution in [-0.4, -0.2) is 0 Å². The van der Waals surface area contributed by atoms with Gasteiger partial charge in [-0.25, -0.2) is 0 Å². The third-order valence-electron chi connectivity index (χ3n) is 10.2. The summed E-state index contributed by atoms with van der Waals surface area (Å²) in [5.41, 5.74) is 0. The van der Waals surface area contributed by atoms with Crippen LogP contribution in [0, 0.1) is 71.0 Å². The van der Waals surface area contributed by atoms with Gasteiger partial charge >= 0.3 is 0 Å². The van der Waals surface area contributed by atoms with Gasteiger partial charge in [-0.05, 0) is 110 Å². The van der Waals surface area contributed by atoms with Crippen LogP contribution in [-0.2, 0) is 0 Å². The summed E-state index contributed by atoms with van der Waals surface area (Å²) < 4.78 is 0. The lowest BCUT2D eigenvalue weighted by molar-refractivity contribution is -0.00267. The van der Waals surface area contributed by atoms with Gasteiger partial charge in [-0.1, -0.05) is 68.2 Å². The molecule has 3 aliphatic rings. The van der Waals surface area contributed by atoms with Crippen molar-refractivity contribution in [1.82, 2.24) is 0 Å². The third kappa shape index (κ3) is 5.00. The number of rotatable bonds is 4. The molecule has 0 aliphatic heterocycles. The summed E-state index contributed by atoms with van der Waals surface area (Å²) in [6.45, 7) is 20.6. The minimum atomic E-state index is 0.925. The zero-order chi connectivity index (χ0) is 20.6. The predicted molar refractivity (Wildman–Crippen MR) is 124 cm³/mol. The maximum absolute atomic E-state index is 2.64. The zero-order valence-corrected chi connectivity index (χ0v) is 20.6. The quantitative estimate of drug-likeness (QED) is 0.451. The smallest absolute Gasteiger partial charge is 0.0334 e. The van der Waals surface area contributed by atoms with Gasteiger partial charge in [0.05, 0.1) is 0 Å². The molecule has 0 aromatic rings. The van der Waals surface area contributed by atoms with Crippen LogP contribution >= 0.6 is 0 Å². The van der Waals surface area contributed by atoms with Gasteiger partial charge in [0, 0.05) is 0 Å². The minimum Gasteiger partial charge on any atom is -0.0625 e. The van der Waals surface area contributed by atoms with Crippen molar-refractivity contribution in [3.63, 3.8) is 0 Å². The largest absolute Gasteiger partial charge is 0.0625 e. The van der Waals surface area contributed by atoms with Crippen molar-refractivity contribution in [1.29, 1.82) is 0 Å². The van der Waals surface area contributed by atoms with Crippen LogP contribution in [0.1, 0.15) is 107 Å². The van der Waals surface area contributed by atoms with E-state index in [4.69, 9.17) is 0 Å². The molecule has 0 bridgehead atoms. The van der Waals surface area contributed by atoms with E-state index in [0.29, 0.717) is 0 Å². The highest BCUT2D eigenvalue weighted by atomic mass is 14.5. The molecular formula is C28H52. The zero-order valence-electron chi connectivity index (χ0n) is 20.6. The molecule has 3 aliphatic carbocycles. The topological polar surface area (TPSA) is 0 Å². The number of hydrogen-bond donors (Lipinski definition) is 0. The van der Waals surface area contributed by atoms with Crippen molar-refractivity contribution in [3.05, 3.63) is 0 Å². The van der Waals surface area contributed by atoms with E-state index in [2.05, 4.69) is 55.4 Å². The Morgan fingerprint density at radius 1 is 0.500 bits per heavy atom. The lowest BCUT2D eigenvalue weighted by atomic mass is 9.56. The predicted octanol–water partition coefficient (Wildman–Crippen LogP) is 8.70. The summed E-state index contributed by atoms with van der Waals surface area (Å²) in [5.74, 6) is 11.5. The van der Waals surface area contributed by atoms with Crippen molar-refractivity contribution in [3.8, 4) is 0 Å². The van der Waals surface area contributed by atoms with Gasteiger partial charge in [0.25, 0.3) is 0 Å². The highest BCUT2D eigenvalue weighted by Gasteiger charge is 2.43. The molecule has 0 heteroatoms. The molecule has 0 aromatic heterocycles. The second-order valence-electron chi connectivity index (χ2n) is 12.7. The van der Waals surface area contributed by atoms with Crippen LogP contribution in [0.4, 0.5) is 0 Å². The highest BCUT2D eigenvalue weighted by molar-refractivity contribution is 4.93. The Morgan fingerprint density at radius 2 is 1.04 bits per heavy atom. The Bertz CT molecular complexity index is 458.